The summed E-state index contributed by atoms with van der Waals surface area (Å²) in [6.07, 6.45) is 3.17. The van der Waals surface area contributed by atoms with Crippen molar-refractivity contribution >= 4 is 22.4 Å². The first-order valence-electron chi connectivity index (χ1n) is 5.19. The molecule has 0 atom stereocenters. The van der Waals surface area contributed by atoms with Gasteiger partial charge in [-0.15, -0.1) is 10.2 Å². The minimum Gasteiger partial charge on any atom is -0.299 e. The lowest BCUT2D eigenvalue weighted by molar-refractivity contribution is -0.122. The first kappa shape index (κ1) is 11.0. The number of nitriles is 1. The van der Waals surface area contributed by atoms with Crippen LogP contribution in [-0.2, 0) is 4.79 Å². The molecule has 1 aliphatic carbocycles. The predicted octanol–water partition coefficient (Wildman–Crippen LogP) is 1.87. The number of rotatable bonds is 2. The van der Waals surface area contributed by atoms with Gasteiger partial charge in [-0.25, -0.2) is 0 Å². The van der Waals surface area contributed by atoms with Gasteiger partial charge >= 0.3 is 0 Å². The van der Waals surface area contributed by atoms with Gasteiger partial charge in [0.25, 0.3) is 0 Å². The molecule has 0 radical (unpaired) electrons. The Morgan fingerprint density at radius 3 is 2.69 bits per heavy atom. The fraction of sp³-hybridized carbons (Fsp3) is 0.600. The molecular formula is C10H12N4OS. The first-order chi connectivity index (χ1) is 7.66. The van der Waals surface area contributed by atoms with E-state index in [1.165, 1.54) is 11.3 Å². The van der Waals surface area contributed by atoms with E-state index >= 15 is 0 Å². The number of nitrogens with zero attached hydrogens (tertiary/aromatic N) is 3. The van der Waals surface area contributed by atoms with Gasteiger partial charge in [0.1, 0.15) is 10.4 Å². The van der Waals surface area contributed by atoms with Gasteiger partial charge < -0.3 is 0 Å². The van der Waals surface area contributed by atoms with Crippen molar-refractivity contribution in [2.75, 3.05) is 5.32 Å². The highest BCUT2D eigenvalue weighted by Crippen LogP contribution is 2.38. The van der Waals surface area contributed by atoms with Gasteiger partial charge in [0.2, 0.25) is 11.0 Å². The first-order valence-corrected chi connectivity index (χ1v) is 6.01. The lowest BCUT2D eigenvalue weighted by Crippen LogP contribution is -2.32. The molecule has 0 unspecified atom stereocenters. The minimum absolute atomic E-state index is 0.233. The zero-order chi connectivity index (χ0) is 11.6. The van der Waals surface area contributed by atoms with Crippen LogP contribution in [0.1, 0.15) is 30.7 Å². The minimum atomic E-state index is -0.848. The highest BCUT2D eigenvalue weighted by atomic mass is 32.1. The van der Waals surface area contributed by atoms with Gasteiger partial charge in [-0.05, 0) is 19.8 Å². The van der Waals surface area contributed by atoms with E-state index in [2.05, 4.69) is 21.6 Å². The van der Waals surface area contributed by atoms with E-state index in [0.717, 1.165) is 17.8 Å². The van der Waals surface area contributed by atoms with Gasteiger partial charge in [-0.3, -0.25) is 10.1 Å². The van der Waals surface area contributed by atoms with Crippen molar-refractivity contribution in [1.29, 1.82) is 5.26 Å². The monoisotopic (exact) mass is 236 g/mol. The van der Waals surface area contributed by atoms with Crippen LogP contribution in [0.3, 0.4) is 0 Å². The summed E-state index contributed by atoms with van der Waals surface area (Å²) in [5.74, 6) is -0.233. The van der Waals surface area contributed by atoms with Crippen molar-refractivity contribution in [2.24, 2.45) is 5.41 Å². The number of anilines is 1. The average Bonchev–Trinajstić information content (AvgIpc) is 2.88. The van der Waals surface area contributed by atoms with Crippen LogP contribution in [0, 0.1) is 23.7 Å². The van der Waals surface area contributed by atoms with Crippen molar-refractivity contribution in [1.82, 2.24) is 10.2 Å². The summed E-state index contributed by atoms with van der Waals surface area (Å²) in [6.45, 7) is 1.82. The van der Waals surface area contributed by atoms with Crippen LogP contribution < -0.4 is 5.32 Å². The Morgan fingerprint density at radius 2 is 2.19 bits per heavy atom. The number of aromatic nitrogens is 2. The second-order valence-corrected chi connectivity index (χ2v) is 5.16. The largest absolute Gasteiger partial charge is 0.299 e. The molecule has 0 bridgehead atoms. The van der Waals surface area contributed by atoms with Gasteiger partial charge in [0.15, 0.2) is 0 Å². The van der Waals surface area contributed by atoms with Crippen molar-refractivity contribution in [3.05, 3.63) is 5.01 Å². The van der Waals surface area contributed by atoms with E-state index in [9.17, 15) is 4.79 Å². The van der Waals surface area contributed by atoms with Gasteiger partial charge in [-0.2, -0.15) is 5.26 Å². The van der Waals surface area contributed by atoms with E-state index in [-0.39, 0.29) is 5.91 Å². The molecule has 1 saturated carbocycles. The van der Waals surface area contributed by atoms with Gasteiger partial charge in [0, 0.05) is 0 Å². The van der Waals surface area contributed by atoms with Crippen molar-refractivity contribution in [3.8, 4) is 6.07 Å². The summed E-state index contributed by atoms with van der Waals surface area (Å²) in [7, 11) is 0. The Balaban J connectivity index is 2.11. The van der Waals surface area contributed by atoms with E-state index in [4.69, 9.17) is 5.26 Å². The van der Waals surface area contributed by atoms with Crippen molar-refractivity contribution < 1.29 is 4.79 Å². The number of carbonyl (C=O) groups excluding carboxylic acids is 1. The molecule has 0 saturated heterocycles. The molecule has 84 valence electrons. The topological polar surface area (TPSA) is 78.7 Å². The fourth-order valence-corrected chi connectivity index (χ4v) is 2.52. The predicted molar refractivity (Wildman–Crippen MR) is 59.8 cm³/mol. The quantitative estimate of drug-likeness (QED) is 0.850. The van der Waals surface area contributed by atoms with Gasteiger partial charge in [-0.1, -0.05) is 24.2 Å². The summed E-state index contributed by atoms with van der Waals surface area (Å²) in [6, 6.07) is 2.15. The zero-order valence-corrected chi connectivity index (χ0v) is 9.80. The summed E-state index contributed by atoms with van der Waals surface area (Å²) >= 11 is 1.32. The summed E-state index contributed by atoms with van der Waals surface area (Å²) in [5.41, 5.74) is -0.848. The third-order valence-corrected chi connectivity index (χ3v) is 3.61. The van der Waals surface area contributed by atoms with Crippen LogP contribution in [0.2, 0.25) is 0 Å². The fourth-order valence-electron chi connectivity index (χ4n) is 1.93. The number of aryl methyl sites for hydroxylation is 1. The second kappa shape index (κ2) is 4.18. The molecule has 0 aromatic carbocycles. The molecule has 16 heavy (non-hydrogen) atoms. The number of nitrogens with one attached hydrogen (secondary N) is 1. The maximum Gasteiger partial charge on any atom is 0.246 e. The summed E-state index contributed by atoms with van der Waals surface area (Å²) in [4.78, 5) is 12.0. The number of carbonyl (C=O) groups is 1. The molecule has 1 heterocycles. The Morgan fingerprint density at radius 1 is 1.50 bits per heavy atom. The lowest BCUT2D eigenvalue weighted by Gasteiger charge is -2.17. The van der Waals surface area contributed by atoms with E-state index < -0.39 is 5.41 Å². The van der Waals surface area contributed by atoms with E-state index in [0.29, 0.717) is 18.0 Å². The Hall–Kier alpha value is -1.48. The lowest BCUT2D eigenvalue weighted by atomic mass is 9.87. The summed E-state index contributed by atoms with van der Waals surface area (Å²) in [5, 5.41) is 20.7. The maximum absolute atomic E-state index is 12.0. The number of amides is 1. The zero-order valence-electron chi connectivity index (χ0n) is 8.99. The second-order valence-electron chi connectivity index (χ2n) is 3.98. The standard InChI is InChI=1S/C10H12N4OS/c1-7-13-14-9(16-7)12-8(15)10(6-11)4-2-3-5-10/h2-5H2,1H3,(H,12,14,15). The van der Waals surface area contributed by atoms with Gasteiger partial charge in [0.05, 0.1) is 6.07 Å². The Bertz CT molecular complexity index is 442. The van der Waals surface area contributed by atoms with Crippen LogP contribution in [0.25, 0.3) is 0 Å². The summed E-state index contributed by atoms with van der Waals surface area (Å²) < 4.78 is 0. The third kappa shape index (κ3) is 1.91. The number of hydrogen-bond donors (Lipinski definition) is 1. The highest BCUT2D eigenvalue weighted by molar-refractivity contribution is 7.15. The van der Waals surface area contributed by atoms with E-state index in [1.54, 1.807) is 0 Å². The van der Waals surface area contributed by atoms with E-state index in [1.807, 2.05) is 6.92 Å². The molecule has 0 spiro atoms. The van der Waals surface area contributed by atoms with Crippen LogP contribution in [0.5, 0.6) is 0 Å². The van der Waals surface area contributed by atoms with Crippen LogP contribution in [0.15, 0.2) is 0 Å². The van der Waals surface area contributed by atoms with Crippen molar-refractivity contribution in [2.45, 2.75) is 32.6 Å². The molecule has 1 amide bonds. The van der Waals surface area contributed by atoms with Crippen LogP contribution in [0.4, 0.5) is 5.13 Å². The SMILES string of the molecule is Cc1nnc(NC(=O)C2(C#N)CCCC2)s1. The molecule has 5 nitrogen and oxygen atoms in total. The normalized spacial score (nSPS) is 18.0. The third-order valence-electron chi connectivity index (χ3n) is 2.85. The molecular weight excluding hydrogens is 224 g/mol. The highest BCUT2D eigenvalue weighted by Gasteiger charge is 2.41. The molecule has 0 aliphatic heterocycles. The molecule has 1 fully saturated rings. The van der Waals surface area contributed by atoms with Crippen LogP contribution in [-0.4, -0.2) is 16.1 Å². The molecule has 1 aromatic heterocycles. The molecule has 6 heteroatoms. The smallest absolute Gasteiger partial charge is 0.246 e. The molecule has 2 rings (SSSR count). The molecule has 1 N–H and O–H groups in total. The molecule has 1 aromatic rings. The van der Waals surface area contributed by atoms with Crippen molar-refractivity contribution in [3.63, 3.8) is 0 Å². The molecule has 1 aliphatic rings. The Kier molecular flexibility index (Phi) is 2.88. The average molecular weight is 236 g/mol. The van der Waals surface area contributed by atoms with Crippen LogP contribution >= 0.6 is 11.3 Å². The Labute approximate surface area is 97.5 Å². The number of hydrogen-bond acceptors (Lipinski definition) is 5. The maximum atomic E-state index is 12.0.